The van der Waals surface area contributed by atoms with Gasteiger partial charge in [-0.25, -0.2) is 4.98 Å². The summed E-state index contributed by atoms with van der Waals surface area (Å²) in [6.45, 7) is 4.15. The quantitative estimate of drug-likeness (QED) is 0.805. The lowest BCUT2D eigenvalue weighted by atomic mass is 9.95. The van der Waals surface area contributed by atoms with Crippen molar-refractivity contribution in [2.24, 2.45) is 0 Å². The number of likely N-dealkylation sites (tertiary alicyclic amines) is 1. The van der Waals surface area contributed by atoms with Crippen LogP contribution >= 0.6 is 0 Å². The molecule has 1 fully saturated rings. The second kappa shape index (κ2) is 9.01. The molecule has 2 aliphatic heterocycles. The van der Waals surface area contributed by atoms with Crippen LogP contribution in [0, 0.1) is 6.92 Å². The lowest BCUT2D eigenvalue weighted by molar-refractivity contribution is -0.136. The number of aryl methyl sites for hydroxylation is 1. The number of amides is 2. The van der Waals surface area contributed by atoms with Crippen LogP contribution < -0.4 is 5.56 Å². The molecule has 2 amide bonds. The van der Waals surface area contributed by atoms with Crippen LogP contribution in [-0.2, 0) is 22.5 Å². The molecule has 0 atom stereocenters. The lowest BCUT2D eigenvalue weighted by Gasteiger charge is -2.32. The number of benzene rings is 1. The van der Waals surface area contributed by atoms with Gasteiger partial charge in [-0.2, -0.15) is 0 Å². The van der Waals surface area contributed by atoms with E-state index in [-0.39, 0.29) is 36.4 Å². The summed E-state index contributed by atoms with van der Waals surface area (Å²) in [5.41, 5.74) is 2.92. The zero-order valence-electron chi connectivity index (χ0n) is 18.0. The third-order valence-electron chi connectivity index (χ3n) is 6.17. The highest BCUT2D eigenvalue weighted by Gasteiger charge is 2.29. The van der Waals surface area contributed by atoms with Crippen LogP contribution in [0.3, 0.4) is 0 Å². The summed E-state index contributed by atoms with van der Waals surface area (Å²) in [6, 6.07) is 7.48. The minimum absolute atomic E-state index is 0.00817. The van der Waals surface area contributed by atoms with Crippen molar-refractivity contribution in [1.29, 1.82) is 0 Å². The molecule has 8 nitrogen and oxygen atoms in total. The number of H-pyrrole nitrogens is 1. The van der Waals surface area contributed by atoms with Gasteiger partial charge in [0.15, 0.2) is 0 Å². The van der Waals surface area contributed by atoms with E-state index in [1.807, 2.05) is 31.2 Å². The number of nitrogens with one attached hydrogen (secondary N) is 1. The van der Waals surface area contributed by atoms with E-state index in [2.05, 4.69) is 4.98 Å². The molecule has 0 bridgehead atoms. The van der Waals surface area contributed by atoms with Crippen molar-refractivity contribution < 1.29 is 14.3 Å². The molecule has 1 N–H and O–H groups in total. The molecule has 1 aromatic carbocycles. The van der Waals surface area contributed by atoms with Crippen molar-refractivity contribution in [3.8, 4) is 0 Å². The van der Waals surface area contributed by atoms with E-state index in [0.717, 1.165) is 24.1 Å². The summed E-state index contributed by atoms with van der Waals surface area (Å²) >= 11 is 0. The Bertz CT molecular complexity index is 1020. The molecule has 1 aromatic heterocycles. The fourth-order valence-electron chi connectivity index (χ4n) is 4.31. The van der Waals surface area contributed by atoms with Crippen molar-refractivity contribution in [2.75, 3.05) is 33.4 Å². The van der Waals surface area contributed by atoms with Crippen molar-refractivity contribution in [3.05, 3.63) is 62.8 Å². The molecule has 2 aromatic rings. The van der Waals surface area contributed by atoms with Gasteiger partial charge in [0, 0.05) is 44.6 Å². The third kappa shape index (κ3) is 4.54. The summed E-state index contributed by atoms with van der Waals surface area (Å²) < 4.78 is 4.93. The molecule has 0 radical (unpaired) electrons. The standard InChI is InChI=1S/C23H28N4O4/c1-15-3-5-17(6-4-15)23(30)27-12-9-19-18(13-27)22(29)25-21(24-19)16-7-10-26(11-8-16)20(28)14-31-2/h3-6,16H,7-14H2,1-2H3,(H,24,25,29). The van der Waals surface area contributed by atoms with Crippen LogP contribution in [0.2, 0.25) is 0 Å². The average molecular weight is 425 g/mol. The van der Waals surface area contributed by atoms with Crippen LogP contribution in [0.5, 0.6) is 0 Å². The molecule has 164 valence electrons. The Balaban J connectivity index is 1.45. The summed E-state index contributed by atoms with van der Waals surface area (Å²) in [7, 11) is 1.52. The zero-order chi connectivity index (χ0) is 22.0. The Morgan fingerprint density at radius 3 is 2.52 bits per heavy atom. The molecule has 8 heteroatoms. The van der Waals surface area contributed by atoms with Gasteiger partial charge in [0.1, 0.15) is 12.4 Å². The van der Waals surface area contributed by atoms with E-state index in [1.54, 1.807) is 9.80 Å². The van der Waals surface area contributed by atoms with Gasteiger partial charge in [0.2, 0.25) is 5.91 Å². The first-order chi connectivity index (χ1) is 15.0. The third-order valence-corrected chi connectivity index (χ3v) is 6.17. The Morgan fingerprint density at radius 1 is 1.13 bits per heavy atom. The minimum Gasteiger partial charge on any atom is -0.375 e. The molecule has 0 saturated carbocycles. The van der Waals surface area contributed by atoms with Crippen molar-refractivity contribution >= 4 is 11.8 Å². The maximum absolute atomic E-state index is 12.8. The van der Waals surface area contributed by atoms with E-state index >= 15 is 0 Å². The first-order valence-electron chi connectivity index (χ1n) is 10.7. The van der Waals surface area contributed by atoms with Crippen LogP contribution in [0.25, 0.3) is 0 Å². The number of aromatic amines is 1. The Labute approximate surface area is 181 Å². The van der Waals surface area contributed by atoms with Gasteiger partial charge in [-0.05, 0) is 31.9 Å². The van der Waals surface area contributed by atoms with E-state index in [9.17, 15) is 14.4 Å². The van der Waals surface area contributed by atoms with Crippen LogP contribution in [-0.4, -0.2) is 64.9 Å². The van der Waals surface area contributed by atoms with Gasteiger partial charge in [-0.3, -0.25) is 14.4 Å². The molecular formula is C23H28N4O4. The molecule has 0 unspecified atom stereocenters. The number of carbonyl (C=O) groups excluding carboxylic acids is 2. The van der Waals surface area contributed by atoms with Gasteiger partial charge in [0.25, 0.3) is 11.5 Å². The molecule has 3 heterocycles. The minimum atomic E-state index is -0.167. The molecule has 2 aliphatic rings. The highest BCUT2D eigenvalue weighted by atomic mass is 16.5. The first kappa shape index (κ1) is 21.2. The number of nitrogens with zero attached hydrogens (tertiary/aromatic N) is 3. The number of carbonyl (C=O) groups is 2. The number of hydrogen-bond donors (Lipinski definition) is 1. The number of ether oxygens (including phenoxy) is 1. The molecule has 4 rings (SSSR count). The van der Waals surface area contributed by atoms with Gasteiger partial charge < -0.3 is 19.5 Å². The maximum atomic E-state index is 12.8. The largest absolute Gasteiger partial charge is 0.375 e. The lowest BCUT2D eigenvalue weighted by Crippen LogP contribution is -2.41. The highest BCUT2D eigenvalue weighted by molar-refractivity contribution is 5.94. The van der Waals surface area contributed by atoms with E-state index in [4.69, 9.17) is 9.72 Å². The second-order valence-corrected chi connectivity index (χ2v) is 8.31. The van der Waals surface area contributed by atoms with Gasteiger partial charge in [0.05, 0.1) is 17.8 Å². The smallest absolute Gasteiger partial charge is 0.256 e. The SMILES string of the molecule is COCC(=O)N1CCC(c2nc3c(c(=O)[nH]2)CN(C(=O)c2ccc(C)cc2)CC3)CC1. The van der Waals surface area contributed by atoms with Crippen molar-refractivity contribution in [1.82, 2.24) is 19.8 Å². The monoisotopic (exact) mass is 424 g/mol. The van der Waals surface area contributed by atoms with Crippen LogP contribution in [0.15, 0.2) is 29.1 Å². The Morgan fingerprint density at radius 2 is 1.84 bits per heavy atom. The maximum Gasteiger partial charge on any atom is 0.256 e. The van der Waals surface area contributed by atoms with Gasteiger partial charge in [-0.15, -0.1) is 0 Å². The van der Waals surface area contributed by atoms with Crippen molar-refractivity contribution in [2.45, 2.75) is 38.6 Å². The Kier molecular flexibility index (Phi) is 6.18. The highest BCUT2D eigenvalue weighted by Crippen LogP contribution is 2.26. The number of fused-ring (bicyclic) bond motifs is 1. The second-order valence-electron chi connectivity index (χ2n) is 8.31. The summed E-state index contributed by atoms with van der Waals surface area (Å²) in [5, 5.41) is 0. The molecule has 0 spiro atoms. The molecule has 0 aliphatic carbocycles. The number of hydrogen-bond acceptors (Lipinski definition) is 5. The molecular weight excluding hydrogens is 396 g/mol. The number of methoxy groups -OCH3 is 1. The summed E-state index contributed by atoms with van der Waals surface area (Å²) in [6.07, 6.45) is 2.08. The van der Waals surface area contributed by atoms with Crippen molar-refractivity contribution in [3.63, 3.8) is 0 Å². The average Bonchev–Trinajstić information content (AvgIpc) is 2.79. The summed E-state index contributed by atoms with van der Waals surface area (Å²) in [5.74, 6) is 0.742. The predicted molar refractivity (Wildman–Crippen MR) is 115 cm³/mol. The number of rotatable bonds is 4. The first-order valence-corrected chi connectivity index (χ1v) is 10.7. The van der Waals surface area contributed by atoms with Gasteiger partial charge in [-0.1, -0.05) is 17.7 Å². The predicted octanol–water partition coefficient (Wildman–Crippen LogP) is 1.63. The number of aromatic nitrogens is 2. The molecule has 31 heavy (non-hydrogen) atoms. The zero-order valence-corrected chi connectivity index (χ0v) is 18.0. The van der Waals surface area contributed by atoms with E-state index < -0.39 is 0 Å². The van der Waals surface area contributed by atoms with E-state index in [1.165, 1.54) is 7.11 Å². The van der Waals surface area contributed by atoms with Crippen LogP contribution in [0.4, 0.5) is 0 Å². The van der Waals surface area contributed by atoms with Gasteiger partial charge >= 0.3 is 0 Å². The fourth-order valence-corrected chi connectivity index (χ4v) is 4.31. The normalized spacial score (nSPS) is 16.8. The topological polar surface area (TPSA) is 95.6 Å². The fraction of sp³-hybridized carbons (Fsp3) is 0.478. The number of piperidine rings is 1. The van der Waals surface area contributed by atoms with E-state index in [0.29, 0.717) is 43.0 Å². The Hall–Kier alpha value is -3.00. The molecule has 1 saturated heterocycles. The summed E-state index contributed by atoms with van der Waals surface area (Å²) in [4.78, 5) is 48.9. The van der Waals surface area contributed by atoms with Crippen LogP contribution in [0.1, 0.15) is 51.8 Å².